The van der Waals surface area contributed by atoms with Crippen LogP contribution in [-0.2, 0) is 4.74 Å². The maximum Gasteiger partial charge on any atom is 0.191 e. The molecule has 0 amide bonds. The van der Waals surface area contributed by atoms with Crippen LogP contribution in [-0.4, -0.2) is 61.9 Å². The molecule has 5 rings (SSSR count). The van der Waals surface area contributed by atoms with Gasteiger partial charge >= 0.3 is 0 Å². The van der Waals surface area contributed by atoms with E-state index in [2.05, 4.69) is 44.8 Å². The summed E-state index contributed by atoms with van der Waals surface area (Å²) in [6.07, 6.45) is 10.7. The number of likely N-dealkylation sites (tertiary alicyclic amines) is 1. The first-order valence-corrected chi connectivity index (χ1v) is 12.3. The first kappa shape index (κ1) is 24.1. The first-order chi connectivity index (χ1) is 15.2. The molecule has 4 aliphatic rings. The van der Waals surface area contributed by atoms with Gasteiger partial charge in [-0.25, -0.2) is 0 Å². The van der Waals surface area contributed by atoms with E-state index in [-0.39, 0.29) is 41.2 Å². The fourth-order valence-electron chi connectivity index (χ4n) is 6.23. The number of hydrogen-bond donors (Lipinski definition) is 2. The Hall–Kier alpha value is -1.06. The van der Waals surface area contributed by atoms with Crippen molar-refractivity contribution in [1.82, 2.24) is 15.5 Å². The molecule has 2 saturated heterocycles. The number of guanidine groups is 1. The van der Waals surface area contributed by atoms with Crippen LogP contribution < -0.4 is 15.4 Å². The molecule has 32 heavy (non-hydrogen) atoms. The zero-order chi connectivity index (χ0) is 21.2. The molecule has 2 N–H and O–H groups in total. The van der Waals surface area contributed by atoms with Crippen molar-refractivity contribution in [2.24, 2.45) is 4.99 Å². The molecular weight excluding hydrogens is 515 g/mol. The topological polar surface area (TPSA) is 58.1 Å². The average Bonchev–Trinajstić information content (AvgIpc) is 3.50. The molecule has 1 aliphatic carbocycles. The molecule has 6 nitrogen and oxygen atoms in total. The van der Waals surface area contributed by atoms with Crippen LogP contribution in [0.4, 0.5) is 0 Å². The summed E-state index contributed by atoms with van der Waals surface area (Å²) in [6, 6.07) is 8.76. The summed E-state index contributed by atoms with van der Waals surface area (Å²) >= 11 is 0. The van der Waals surface area contributed by atoms with Crippen LogP contribution >= 0.6 is 24.0 Å². The number of ether oxygens (including phenoxy) is 2. The van der Waals surface area contributed by atoms with Crippen LogP contribution in [0.15, 0.2) is 29.3 Å². The third-order valence-electron chi connectivity index (χ3n) is 8.03. The summed E-state index contributed by atoms with van der Waals surface area (Å²) in [5.41, 5.74) is 1.43. The third kappa shape index (κ3) is 4.89. The molecular formula is C25H39IN4O2. The van der Waals surface area contributed by atoms with E-state index in [1.54, 1.807) is 0 Å². The third-order valence-corrected chi connectivity index (χ3v) is 8.03. The smallest absolute Gasteiger partial charge is 0.191 e. The average molecular weight is 555 g/mol. The highest BCUT2D eigenvalue weighted by atomic mass is 127. The van der Waals surface area contributed by atoms with E-state index in [0.717, 1.165) is 63.6 Å². The molecule has 3 aliphatic heterocycles. The molecule has 1 atom stereocenters. The lowest BCUT2D eigenvalue weighted by atomic mass is 9.86. The zero-order valence-electron chi connectivity index (χ0n) is 19.4. The molecule has 7 heteroatoms. The van der Waals surface area contributed by atoms with Crippen molar-refractivity contribution in [1.29, 1.82) is 0 Å². The summed E-state index contributed by atoms with van der Waals surface area (Å²) < 4.78 is 12.3. The fourth-order valence-corrected chi connectivity index (χ4v) is 6.23. The van der Waals surface area contributed by atoms with E-state index in [9.17, 15) is 0 Å². The highest BCUT2D eigenvalue weighted by molar-refractivity contribution is 14.0. The maximum absolute atomic E-state index is 6.54. The van der Waals surface area contributed by atoms with Gasteiger partial charge in [-0.15, -0.1) is 24.0 Å². The number of aliphatic imine (C=N–C) groups is 1. The van der Waals surface area contributed by atoms with Gasteiger partial charge in [0.2, 0.25) is 0 Å². The van der Waals surface area contributed by atoms with Gasteiger partial charge in [-0.05, 0) is 70.5 Å². The normalized spacial score (nSPS) is 26.8. The van der Waals surface area contributed by atoms with Crippen molar-refractivity contribution in [3.8, 4) is 5.75 Å². The first-order valence-electron chi connectivity index (χ1n) is 12.3. The van der Waals surface area contributed by atoms with Crippen molar-refractivity contribution in [3.63, 3.8) is 0 Å². The van der Waals surface area contributed by atoms with Crippen LogP contribution in [0, 0.1) is 0 Å². The second-order valence-electron chi connectivity index (χ2n) is 9.89. The summed E-state index contributed by atoms with van der Waals surface area (Å²) in [4.78, 5) is 7.32. The summed E-state index contributed by atoms with van der Waals surface area (Å²) in [6.45, 7) is 5.07. The van der Waals surface area contributed by atoms with Crippen LogP contribution in [0.1, 0.15) is 69.4 Å². The number of benzene rings is 1. The van der Waals surface area contributed by atoms with Crippen molar-refractivity contribution < 1.29 is 9.47 Å². The zero-order valence-corrected chi connectivity index (χ0v) is 21.7. The van der Waals surface area contributed by atoms with E-state index in [0.29, 0.717) is 0 Å². The standard InChI is InChI=1S/C25H38N4O2.HI/c1-26-23(27-19-24(12-16-30-17-13-24)29-14-6-7-15-29)28-21-18-25(10-4-5-11-25)31-22-9-3-2-8-20(21)22;/h2-3,8-9,21H,4-7,10-19H2,1H3,(H2,26,27,28);1H. The number of nitrogens with one attached hydrogen (secondary N) is 2. The predicted octanol–water partition coefficient (Wildman–Crippen LogP) is 4.25. The molecule has 1 aromatic rings. The van der Waals surface area contributed by atoms with Crippen LogP contribution in [0.3, 0.4) is 0 Å². The van der Waals surface area contributed by atoms with Gasteiger partial charge in [-0.2, -0.15) is 0 Å². The maximum atomic E-state index is 6.54. The van der Waals surface area contributed by atoms with Gasteiger partial charge in [0.1, 0.15) is 11.4 Å². The molecule has 3 fully saturated rings. The molecule has 0 bridgehead atoms. The van der Waals surface area contributed by atoms with Gasteiger partial charge in [0.05, 0.1) is 6.04 Å². The van der Waals surface area contributed by atoms with Crippen LogP contribution in [0.2, 0.25) is 0 Å². The Morgan fingerprint density at radius 2 is 1.78 bits per heavy atom. The minimum absolute atomic E-state index is 0. The molecule has 0 aromatic heterocycles. The number of nitrogens with zero attached hydrogens (tertiary/aromatic N) is 2. The number of hydrogen-bond acceptors (Lipinski definition) is 4. The monoisotopic (exact) mass is 554 g/mol. The molecule has 1 spiro atoms. The Balaban J connectivity index is 0.00000245. The summed E-state index contributed by atoms with van der Waals surface area (Å²) in [5, 5.41) is 7.48. The second-order valence-corrected chi connectivity index (χ2v) is 9.89. The number of fused-ring (bicyclic) bond motifs is 1. The molecule has 178 valence electrons. The molecule has 1 unspecified atom stereocenters. The lowest BCUT2D eigenvalue weighted by molar-refractivity contribution is -0.0164. The lowest BCUT2D eigenvalue weighted by Gasteiger charge is -2.45. The van der Waals surface area contributed by atoms with E-state index < -0.39 is 0 Å². The van der Waals surface area contributed by atoms with Gasteiger partial charge in [-0.3, -0.25) is 9.89 Å². The Morgan fingerprint density at radius 1 is 1.06 bits per heavy atom. The summed E-state index contributed by atoms with van der Waals surface area (Å²) in [5.74, 6) is 1.95. The van der Waals surface area contributed by atoms with Gasteiger partial charge in [0.15, 0.2) is 5.96 Å². The Kier molecular flexibility index (Phi) is 7.88. The van der Waals surface area contributed by atoms with E-state index >= 15 is 0 Å². The van der Waals surface area contributed by atoms with E-state index in [1.807, 2.05) is 7.05 Å². The Morgan fingerprint density at radius 3 is 2.50 bits per heavy atom. The minimum atomic E-state index is -0.0116. The van der Waals surface area contributed by atoms with Crippen molar-refractivity contribution in [3.05, 3.63) is 29.8 Å². The van der Waals surface area contributed by atoms with Gasteiger partial charge in [0.25, 0.3) is 0 Å². The molecule has 1 saturated carbocycles. The number of halogens is 1. The van der Waals surface area contributed by atoms with Gasteiger partial charge in [0, 0.05) is 44.3 Å². The molecule has 0 radical (unpaired) electrons. The highest BCUT2D eigenvalue weighted by Gasteiger charge is 2.44. The van der Waals surface area contributed by atoms with Crippen LogP contribution in [0.5, 0.6) is 5.75 Å². The van der Waals surface area contributed by atoms with Crippen LogP contribution in [0.25, 0.3) is 0 Å². The predicted molar refractivity (Wildman–Crippen MR) is 139 cm³/mol. The molecule has 3 heterocycles. The van der Waals surface area contributed by atoms with Crippen molar-refractivity contribution in [2.75, 3.05) is 39.9 Å². The highest BCUT2D eigenvalue weighted by Crippen LogP contribution is 2.47. The fraction of sp³-hybridized carbons (Fsp3) is 0.720. The van der Waals surface area contributed by atoms with Crippen molar-refractivity contribution in [2.45, 2.75) is 75.0 Å². The van der Waals surface area contributed by atoms with E-state index in [4.69, 9.17) is 9.47 Å². The number of para-hydroxylation sites is 1. The van der Waals surface area contributed by atoms with Gasteiger partial charge in [-0.1, -0.05) is 18.2 Å². The SMILES string of the molecule is CN=C(NCC1(N2CCCC2)CCOCC1)NC1CC2(CCCC2)Oc2ccccc21.I. The second kappa shape index (κ2) is 10.5. The minimum Gasteiger partial charge on any atom is -0.487 e. The van der Waals surface area contributed by atoms with Crippen molar-refractivity contribution >= 4 is 29.9 Å². The number of rotatable bonds is 4. The largest absolute Gasteiger partial charge is 0.487 e. The Bertz CT molecular complexity index is 784. The molecule has 1 aromatic carbocycles. The quantitative estimate of drug-likeness (QED) is 0.331. The van der Waals surface area contributed by atoms with E-state index in [1.165, 1.54) is 44.3 Å². The summed E-state index contributed by atoms with van der Waals surface area (Å²) in [7, 11) is 1.89. The lowest BCUT2D eigenvalue weighted by Crippen LogP contribution is -2.59. The van der Waals surface area contributed by atoms with Gasteiger partial charge < -0.3 is 20.1 Å². The Labute approximate surface area is 209 Å².